The van der Waals surface area contributed by atoms with Crippen molar-refractivity contribution in [2.75, 3.05) is 19.8 Å². The number of hydrogen-bond donors (Lipinski definition) is 2. The third kappa shape index (κ3) is 3.86. The second kappa shape index (κ2) is 7.92. The van der Waals surface area contributed by atoms with E-state index in [9.17, 15) is 9.90 Å². The van der Waals surface area contributed by atoms with Crippen LogP contribution in [0, 0.1) is 11.8 Å². The number of aromatic nitrogens is 1. The van der Waals surface area contributed by atoms with Gasteiger partial charge in [0.05, 0.1) is 11.4 Å². The maximum atomic E-state index is 11.6. The molecule has 0 amide bonds. The highest BCUT2D eigenvalue weighted by molar-refractivity contribution is 6.32. The van der Waals surface area contributed by atoms with Crippen molar-refractivity contribution in [1.29, 1.82) is 0 Å². The second-order valence-electron chi connectivity index (χ2n) is 6.13. The summed E-state index contributed by atoms with van der Waals surface area (Å²) in [7, 11) is 0. The van der Waals surface area contributed by atoms with Crippen LogP contribution in [-0.2, 0) is 16.1 Å². The van der Waals surface area contributed by atoms with E-state index in [2.05, 4.69) is 10.3 Å². The van der Waals surface area contributed by atoms with Crippen LogP contribution in [0.5, 0.6) is 0 Å². The summed E-state index contributed by atoms with van der Waals surface area (Å²) in [5, 5.41) is 14.5. The molecule has 1 unspecified atom stereocenters. The lowest BCUT2D eigenvalue weighted by atomic mass is 9.86. The van der Waals surface area contributed by atoms with Gasteiger partial charge in [0.15, 0.2) is 0 Å². The predicted molar refractivity (Wildman–Crippen MR) is 93.1 cm³/mol. The van der Waals surface area contributed by atoms with Gasteiger partial charge in [-0.2, -0.15) is 0 Å². The molecule has 3 rings (SSSR count). The van der Waals surface area contributed by atoms with Crippen LogP contribution in [0.1, 0.15) is 18.4 Å². The third-order valence-electron chi connectivity index (χ3n) is 4.64. The summed E-state index contributed by atoms with van der Waals surface area (Å²) >= 11 is 6.32. The van der Waals surface area contributed by atoms with E-state index in [4.69, 9.17) is 16.3 Å². The fraction of sp³-hybridized carbons (Fsp3) is 0.444. The lowest BCUT2D eigenvalue weighted by Crippen LogP contribution is -2.36. The Hall–Kier alpha value is -1.69. The fourth-order valence-electron chi connectivity index (χ4n) is 3.28. The smallest absolute Gasteiger partial charge is 0.308 e. The number of carboxylic acids is 1. The maximum absolute atomic E-state index is 11.6. The van der Waals surface area contributed by atoms with E-state index in [0.717, 1.165) is 29.3 Å². The number of carboxylic acid groups (broad SMARTS) is 1. The van der Waals surface area contributed by atoms with Gasteiger partial charge in [0, 0.05) is 48.5 Å². The standard InChI is InChI=1S/C18H21ClN2O3/c19-16-4-3-13-2-1-7-21-17(13)15(16)11-20-10-14(18(22)23)12-5-8-24-9-6-12/h1-4,7,12,14,20H,5-6,8-11H2,(H,22,23). The normalized spacial score (nSPS) is 17.0. The Bertz CT molecular complexity index is 716. The molecule has 0 bridgehead atoms. The highest BCUT2D eigenvalue weighted by Crippen LogP contribution is 2.26. The molecule has 2 heterocycles. The number of nitrogens with one attached hydrogen (secondary N) is 1. The molecule has 1 fully saturated rings. The highest BCUT2D eigenvalue weighted by Gasteiger charge is 2.29. The molecule has 1 aromatic carbocycles. The molecule has 2 N–H and O–H groups in total. The fourth-order valence-corrected chi connectivity index (χ4v) is 3.49. The monoisotopic (exact) mass is 348 g/mol. The number of fused-ring (bicyclic) bond motifs is 1. The van der Waals surface area contributed by atoms with Gasteiger partial charge in [-0.3, -0.25) is 9.78 Å². The number of carbonyl (C=O) groups is 1. The molecule has 128 valence electrons. The Kier molecular flexibility index (Phi) is 5.66. The van der Waals surface area contributed by atoms with Gasteiger partial charge in [0.1, 0.15) is 0 Å². The lowest BCUT2D eigenvalue weighted by Gasteiger charge is -2.27. The van der Waals surface area contributed by atoms with Crippen LogP contribution in [-0.4, -0.2) is 35.8 Å². The molecule has 1 aromatic heterocycles. The second-order valence-corrected chi connectivity index (χ2v) is 6.53. The molecular formula is C18H21ClN2O3. The topological polar surface area (TPSA) is 71.5 Å². The van der Waals surface area contributed by atoms with Gasteiger partial charge in [0.2, 0.25) is 0 Å². The molecule has 0 aliphatic carbocycles. The zero-order valence-corrected chi connectivity index (χ0v) is 14.1. The van der Waals surface area contributed by atoms with Crippen LogP contribution in [0.25, 0.3) is 10.9 Å². The van der Waals surface area contributed by atoms with Crippen molar-refractivity contribution in [2.45, 2.75) is 19.4 Å². The summed E-state index contributed by atoms with van der Waals surface area (Å²) in [6, 6.07) is 7.68. The van der Waals surface area contributed by atoms with Crippen LogP contribution in [0.3, 0.4) is 0 Å². The molecule has 1 aliphatic rings. The predicted octanol–water partition coefficient (Wildman–Crippen LogP) is 3.11. The first-order chi connectivity index (χ1) is 11.7. The minimum Gasteiger partial charge on any atom is -0.481 e. The molecule has 6 heteroatoms. The summed E-state index contributed by atoms with van der Waals surface area (Å²) < 4.78 is 5.33. The van der Waals surface area contributed by atoms with E-state index < -0.39 is 11.9 Å². The van der Waals surface area contributed by atoms with Gasteiger partial charge in [-0.15, -0.1) is 0 Å². The molecule has 0 spiro atoms. The Morgan fingerprint density at radius 3 is 2.92 bits per heavy atom. The summed E-state index contributed by atoms with van der Waals surface area (Å²) in [5.41, 5.74) is 1.77. The number of ether oxygens (including phenoxy) is 1. The van der Waals surface area contributed by atoms with Crippen molar-refractivity contribution in [3.63, 3.8) is 0 Å². The first-order valence-electron chi connectivity index (χ1n) is 8.20. The maximum Gasteiger partial charge on any atom is 0.308 e. The molecule has 1 aliphatic heterocycles. The first-order valence-corrected chi connectivity index (χ1v) is 8.58. The van der Waals surface area contributed by atoms with E-state index in [0.29, 0.717) is 31.3 Å². The average molecular weight is 349 g/mol. The van der Waals surface area contributed by atoms with E-state index in [1.807, 2.05) is 24.3 Å². The van der Waals surface area contributed by atoms with Crippen molar-refractivity contribution in [3.8, 4) is 0 Å². The van der Waals surface area contributed by atoms with Gasteiger partial charge in [-0.1, -0.05) is 23.7 Å². The van der Waals surface area contributed by atoms with Crippen molar-refractivity contribution >= 4 is 28.5 Å². The minimum absolute atomic E-state index is 0.157. The van der Waals surface area contributed by atoms with Crippen LogP contribution in [0.15, 0.2) is 30.5 Å². The van der Waals surface area contributed by atoms with Crippen LogP contribution < -0.4 is 5.32 Å². The lowest BCUT2D eigenvalue weighted by molar-refractivity contribution is -0.144. The van der Waals surface area contributed by atoms with Gasteiger partial charge in [-0.05, 0) is 30.9 Å². The van der Waals surface area contributed by atoms with Crippen molar-refractivity contribution in [1.82, 2.24) is 10.3 Å². The number of pyridine rings is 1. The molecule has 24 heavy (non-hydrogen) atoms. The van der Waals surface area contributed by atoms with E-state index >= 15 is 0 Å². The largest absolute Gasteiger partial charge is 0.481 e. The van der Waals surface area contributed by atoms with Crippen molar-refractivity contribution < 1.29 is 14.6 Å². The zero-order chi connectivity index (χ0) is 16.9. The van der Waals surface area contributed by atoms with Gasteiger partial charge >= 0.3 is 5.97 Å². The van der Waals surface area contributed by atoms with Gasteiger partial charge < -0.3 is 15.2 Å². The first kappa shape index (κ1) is 17.1. The molecule has 1 saturated heterocycles. The van der Waals surface area contributed by atoms with Crippen molar-refractivity contribution in [2.24, 2.45) is 11.8 Å². The number of aliphatic carboxylic acids is 1. The average Bonchev–Trinajstić information content (AvgIpc) is 2.60. The Labute approximate surface area is 146 Å². The van der Waals surface area contributed by atoms with E-state index in [1.54, 1.807) is 6.20 Å². The molecule has 0 radical (unpaired) electrons. The summed E-state index contributed by atoms with van der Waals surface area (Å²) in [5.74, 6) is -1.00. The van der Waals surface area contributed by atoms with Gasteiger partial charge in [0.25, 0.3) is 0 Å². The number of nitrogens with zero attached hydrogens (tertiary/aromatic N) is 1. The third-order valence-corrected chi connectivity index (χ3v) is 4.99. The Balaban J connectivity index is 1.69. The Morgan fingerprint density at radius 2 is 2.17 bits per heavy atom. The van der Waals surface area contributed by atoms with Gasteiger partial charge in [-0.25, -0.2) is 0 Å². The Morgan fingerprint density at radius 1 is 1.38 bits per heavy atom. The van der Waals surface area contributed by atoms with Crippen molar-refractivity contribution in [3.05, 3.63) is 41.0 Å². The van der Waals surface area contributed by atoms with Crippen LogP contribution in [0.4, 0.5) is 0 Å². The summed E-state index contributed by atoms with van der Waals surface area (Å²) in [6.45, 7) is 2.21. The summed E-state index contributed by atoms with van der Waals surface area (Å²) in [4.78, 5) is 16.0. The van der Waals surface area contributed by atoms with Crippen LogP contribution >= 0.6 is 11.6 Å². The quantitative estimate of drug-likeness (QED) is 0.839. The molecule has 2 aromatic rings. The zero-order valence-electron chi connectivity index (χ0n) is 13.4. The highest BCUT2D eigenvalue weighted by atomic mass is 35.5. The summed E-state index contributed by atoms with van der Waals surface area (Å²) in [6.07, 6.45) is 3.34. The minimum atomic E-state index is -0.753. The SMILES string of the molecule is O=C(O)C(CNCc1c(Cl)ccc2cccnc12)C1CCOCC1. The molecule has 5 nitrogen and oxygen atoms in total. The van der Waals surface area contributed by atoms with E-state index in [-0.39, 0.29) is 5.92 Å². The number of rotatable bonds is 6. The molecule has 1 atom stereocenters. The van der Waals surface area contributed by atoms with Crippen LogP contribution in [0.2, 0.25) is 5.02 Å². The number of benzene rings is 1. The number of hydrogen-bond acceptors (Lipinski definition) is 4. The van der Waals surface area contributed by atoms with E-state index in [1.165, 1.54) is 0 Å². The number of halogens is 1. The molecule has 0 saturated carbocycles. The molecular weight excluding hydrogens is 328 g/mol.